The van der Waals surface area contributed by atoms with Crippen LogP contribution in [0, 0.1) is 0 Å². The van der Waals surface area contributed by atoms with Gasteiger partial charge >= 0.3 is 0 Å². The Labute approximate surface area is 138 Å². The third kappa shape index (κ3) is 3.76. The van der Waals surface area contributed by atoms with Gasteiger partial charge < -0.3 is 5.32 Å². The SMILES string of the molecule is CCNC(Cc1ccccc1Br)c1c(Cl)cccc1Cl. The second kappa shape index (κ2) is 7.46. The Balaban J connectivity index is 2.35. The summed E-state index contributed by atoms with van der Waals surface area (Å²) in [5.74, 6) is 0. The summed E-state index contributed by atoms with van der Waals surface area (Å²) in [6.07, 6.45) is 0.832. The Morgan fingerprint density at radius 1 is 1.05 bits per heavy atom. The summed E-state index contributed by atoms with van der Waals surface area (Å²) in [5.41, 5.74) is 2.20. The van der Waals surface area contributed by atoms with E-state index in [1.165, 1.54) is 5.56 Å². The topological polar surface area (TPSA) is 12.0 Å². The molecular formula is C16H16BrCl2N. The first kappa shape index (κ1) is 15.8. The quantitative estimate of drug-likeness (QED) is 0.714. The van der Waals surface area contributed by atoms with Crippen LogP contribution in [0.1, 0.15) is 24.1 Å². The lowest BCUT2D eigenvalue weighted by molar-refractivity contribution is 0.549. The van der Waals surface area contributed by atoms with Crippen molar-refractivity contribution in [2.24, 2.45) is 0 Å². The van der Waals surface area contributed by atoms with Gasteiger partial charge in [-0.2, -0.15) is 0 Å². The van der Waals surface area contributed by atoms with Gasteiger partial charge in [-0.05, 0) is 36.7 Å². The molecule has 2 rings (SSSR count). The van der Waals surface area contributed by atoms with Crippen molar-refractivity contribution in [3.63, 3.8) is 0 Å². The van der Waals surface area contributed by atoms with Crippen molar-refractivity contribution >= 4 is 39.1 Å². The number of hydrogen-bond donors (Lipinski definition) is 1. The van der Waals surface area contributed by atoms with Crippen LogP contribution < -0.4 is 5.32 Å². The molecule has 0 fully saturated rings. The predicted molar refractivity (Wildman–Crippen MR) is 90.7 cm³/mol. The lowest BCUT2D eigenvalue weighted by Gasteiger charge is -2.21. The number of hydrogen-bond acceptors (Lipinski definition) is 1. The van der Waals surface area contributed by atoms with Crippen LogP contribution in [0.5, 0.6) is 0 Å². The van der Waals surface area contributed by atoms with E-state index in [1.807, 2.05) is 36.4 Å². The predicted octanol–water partition coefficient (Wildman–Crippen LogP) is 5.65. The van der Waals surface area contributed by atoms with Gasteiger partial charge in [-0.3, -0.25) is 0 Å². The Bertz CT molecular complexity index is 566. The maximum atomic E-state index is 6.33. The molecule has 0 aliphatic heterocycles. The van der Waals surface area contributed by atoms with Gasteiger partial charge in [0.2, 0.25) is 0 Å². The molecule has 1 N–H and O–H groups in total. The molecule has 0 saturated carbocycles. The second-order valence-electron chi connectivity index (χ2n) is 4.54. The zero-order valence-corrected chi connectivity index (χ0v) is 14.3. The second-order valence-corrected chi connectivity index (χ2v) is 6.21. The highest BCUT2D eigenvalue weighted by Gasteiger charge is 2.18. The molecule has 2 aromatic carbocycles. The molecule has 0 spiro atoms. The van der Waals surface area contributed by atoms with Crippen molar-refractivity contribution in [2.75, 3.05) is 6.54 Å². The molecule has 106 valence electrons. The van der Waals surface area contributed by atoms with Crippen molar-refractivity contribution in [2.45, 2.75) is 19.4 Å². The first-order valence-corrected chi connectivity index (χ1v) is 8.09. The standard InChI is InChI=1S/C16H16BrCl2N/c1-2-20-15(10-11-6-3-4-7-12(11)17)16-13(18)8-5-9-14(16)19/h3-9,15,20H,2,10H2,1H3. The van der Waals surface area contributed by atoms with Crippen LogP contribution >= 0.6 is 39.1 Å². The zero-order valence-electron chi connectivity index (χ0n) is 11.2. The van der Waals surface area contributed by atoms with Crippen molar-refractivity contribution in [1.82, 2.24) is 5.32 Å². The lowest BCUT2D eigenvalue weighted by Crippen LogP contribution is -2.23. The van der Waals surface area contributed by atoms with E-state index < -0.39 is 0 Å². The van der Waals surface area contributed by atoms with E-state index in [0.29, 0.717) is 10.0 Å². The van der Waals surface area contributed by atoms with Gasteiger partial charge in [0.25, 0.3) is 0 Å². The summed E-state index contributed by atoms with van der Waals surface area (Å²) >= 11 is 16.3. The maximum Gasteiger partial charge on any atom is 0.0468 e. The Morgan fingerprint density at radius 3 is 2.30 bits per heavy atom. The van der Waals surface area contributed by atoms with Crippen LogP contribution in [0.2, 0.25) is 10.0 Å². The molecule has 0 aliphatic rings. The fourth-order valence-corrected chi connectivity index (χ4v) is 3.36. The van der Waals surface area contributed by atoms with Gasteiger partial charge in [0.1, 0.15) is 0 Å². The molecular weight excluding hydrogens is 357 g/mol. The molecule has 2 aromatic rings. The summed E-state index contributed by atoms with van der Waals surface area (Å²) in [6, 6.07) is 13.9. The summed E-state index contributed by atoms with van der Waals surface area (Å²) in [4.78, 5) is 0. The van der Waals surface area contributed by atoms with E-state index in [1.54, 1.807) is 0 Å². The molecule has 0 amide bonds. The number of halogens is 3. The fourth-order valence-electron chi connectivity index (χ4n) is 2.25. The Morgan fingerprint density at radius 2 is 1.70 bits per heavy atom. The average Bonchev–Trinajstić information content (AvgIpc) is 2.41. The maximum absolute atomic E-state index is 6.33. The summed E-state index contributed by atoms with van der Waals surface area (Å²) < 4.78 is 1.10. The van der Waals surface area contributed by atoms with Gasteiger partial charge in [0, 0.05) is 26.1 Å². The van der Waals surface area contributed by atoms with E-state index >= 15 is 0 Å². The van der Waals surface area contributed by atoms with Crippen molar-refractivity contribution in [3.8, 4) is 0 Å². The average molecular weight is 373 g/mol. The van der Waals surface area contributed by atoms with E-state index in [0.717, 1.165) is 23.0 Å². The minimum Gasteiger partial charge on any atom is -0.310 e. The molecule has 1 nitrogen and oxygen atoms in total. The molecule has 0 aliphatic carbocycles. The van der Waals surface area contributed by atoms with Crippen molar-refractivity contribution < 1.29 is 0 Å². The lowest BCUT2D eigenvalue weighted by atomic mass is 9.98. The van der Waals surface area contributed by atoms with Gasteiger partial charge in [-0.15, -0.1) is 0 Å². The van der Waals surface area contributed by atoms with Gasteiger partial charge in [-0.25, -0.2) is 0 Å². The van der Waals surface area contributed by atoms with Crippen LogP contribution in [0.4, 0.5) is 0 Å². The van der Waals surface area contributed by atoms with Crippen LogP contribution in [-0.4, -0.2) is 6.54 Å². The molecule has 0 aromatic heterocycles. The minimum atomic E-state index is 0.0971. The number of nitrogens with one attached hydrogen (secondary N) is 1. The zero-order chi connectivity index (χ0) is 14.5. The van der Waals surface area contributed by atoms with E-state index in [9.17, 15) is 0 Å². The van der Waals surface area contributed by atoms with Crippen molar-refractivity contribution in [1.29, 1.82) is 0 Å². The Kier molecular flexibility index (Phi) is 5.91. The summed E-state index contributed by atoms with van der Waals surface area (Å²) in [7, 11) is 0. The normalized spacial score (nSPS) is 12.4. The fraction of sp³-hybridized carbons (Fsp3) is 0.250. The molecule has 0 heterocycles. The molecule has 0 saturated heterocycles. The highest BCUT2D eigenvalue weighted by atomic mass is 79.9. The first-order chi connectivity index (χ1) is 9.63. The third-order valence-electron chi connectivity index (χ3n) is 3.18. The first-order valence-electron chi connectivity index (χ1n) is 6.54. The van der Waals surface area contributed by atoms with Gasteiger partial charge in [-0.1, -0.05) is 70.3 Å². The van der Waals surface area contributed by atoms with E-state index in [2.05, 4.69) is 34.2 Å². The monoisotopic (exact) mass is 371 g/mol. The third-order valence-corrected chi connectivity index (χ3v) is 4.61. The highest BCUT2D eigenvalue weighted by Crippen LogP contribution is 2.33. The molecule has 0 radical (unpaired) electrons. The largest absolute Gasteiger partial charge is 0.310 e. The molecule has 20 heavy (non-hydrogen) atoms. The van der Waals surface area contributed by atoms with Crippen LogP contribution in [0.3, 0.4) is 0 Å². The molecule has 1 unspecified atom stereocenters. The van der Waals surface area contributed by atoms with Crippen LogP contribution in [0.15, 0.2) is 46.9 Å². The number of likely N-dealkylation sites (N-methyl/N-ethyl adjacent to an activating group) is 1. The summed E-state index contributed by atoms with van der Waals surface area (Å²) in [5, 5.41) is 4.87. The van der Waals surface area contributed by atoms with E-state index in [4.69, 9.17) is 23.2 Å². The Hall–Kier alpha value is -0.540. The van der Waals surface area contributed by atoms with Gasteiger partial charge in [0.15, 0.2) is 0 Å². The number of benzene rings is 2. The number of rotatable bonds is 5. The molecule has 1 atom stereocenters. The van der Waals surface area contributed by atoms with Gasteiger partial charge in [0.05, 0.1) is 0 Å². The van der Waals surface area contributed by atoms with Crippen LogP contribution in [0.25, 0.3) is 0 Å². The smallest absolute Gasteiger partial charge is 0.0468 e. The van der Waals surface area contributed by atoms with Crippen molar-refractivity contribution in [3.05, 3.63) is 68.1 Å². The minimum absolute atomic E-state index is 0.0971. The molecule has 0 bridgehead atoms. The van der Waals surface area contributed by atoms with E-state index in [-0.39, 0.29) is 6.04 Å². The highest BCUT2D eigenvalue weighted by molar-refractivity contribution is 9.10. The van der Waals surface area contributed by atoms with Crippen LogP contribution in [-0.2, 0) is 6.42 Å². The molecule has 4 heteroatoms. The summed E-state index contributed by atoms with van der Waals surface area (Å²) in [6.45, 7) is 2.94.